The van der Waals surface area contributed by atoms with E-state index in [2.05, 4.69) is 70.0 Å². The molecule has 0 spiro atoms. The number of esters is 2. The summed E-state index contributed by atoms with van der Waals surface area (Å²) in [6.07, 6.45) is 57.4. The third kappa shape index (κ3) is 51.3. The van der Waals surface area contributed by atoms with Crippen LogP contribution in [0.1, 0.15) is 155 Å². The summed E-state index contributed by atoms with van der Waals surface area (Å²) in [6.45, 7) is 0.159. The molecule has 17 heteroatoms. The zero-order valence-corrected chi connectivity index (χ0v) is 45.1. The first-order valence-electron chi connectivity index (χ1n) is 26.0. The molecule has 0 aliphatic heterocycles. The van der Waals surface area contributed by atoms with Crippen molar-refractivity contribution in [3.8, 4) is 0 Å². The van der Waals surface area contributed by atoms with Gasteiger partial charge in [-0.3, -0.25) is 27.7 Å². The van der Waals surface area contributed by atoms with E-state index >= 15 is 0 Å². The molecule has 410 valence electrons. The maximum Gasteiger partial charge on any atom is 0.472 e. The highest BCUT2D eigenvalue weighted by molar-refractivity contribution is 7.47. The van der Waals surface area contributed by atoms with Crippen LogP contribution in [-0.4, -0.2) is 95.0 Å². The maximum atomic E-state index is 12.2. The van der Waals surface area contributed by atoms with Gasteiger partial charge in [0.25, 0.3) is 0 Å². The summed E-state index contributed by atoms with van der Waals surface area (Å²) in [4.78, 5) is 43.9. The second-order valence-electron chi connectivity index (χ2n) is 17.0. The van der Waals surface area contributed by atoms with Crippen molar-refractivity contribution in [2.75, 3.05) is 39.6 Å². The smallest absolute Gasteiger partial charge is 0.463 e. The van der Waals surface area contributed by atoms with Crippen molar-refractivity contribution in [1.82, 2.24) is 0 Å². The summed E-state index contributed by atoms with van der Waals surface area (Å²) in [7, 11) is -9.61. The summed E-state index contributed by atoms with van der Waals surface area (Å²) in [5, 5.41) is 30.1. The molecule has 0 rings (SSSR count). The van der Waals surface area contributed by atoms with Gasteiger partial charge in [-0.1, -0.05) is 193 Å². The molecule has 0 saturated heterocycles. The van der Waals surface area contributed by atoms with Gasteiger partial charge >= 0.3 is 27.6 Å². The minimum absolute atomic E-state index is 0.136. The van der Waals surface area contributed by atoms with Gasteiger partial charge < -0.3 is 34.6 Å². The van der Waals surface area contributed by atoms with Gasteiger partial charge in [-0.15, -0.1) is 0 Å². The largest absolute Gasteiger partial charge is 0.472 e. The maximum absolute atomic E-state index is 12.2. The molecule has 0 amide bonds. The zero-order valence-electron chi connectivity index (χ0n) is 43.3. The fraction of sp³-hybridized carbons (Fsp3) is 0.600. The Labute approximate surface area is 432 Å². The minimum atomic E-state index is -4.81. The molecule has 0 radical (unpaired) electrons. The van der Waals surface area contributed by atoms with Gasteiger partial charge in [0.15, 0.2) is 0 Å². The molecule has 5 atom stereocenters. The Morgan fingerprint density at radius 2 is 0.694 bits per heavy atom. The molecule has 0 aliphatic carbocycles. The van der Waals surface area contributed by atoms with E-state index in [-0.39, 0.29) is 12.8 Å². The van der Waals surface area contributed by atoms with Crippen molar-refractivity contribution < 1.29 is 71.4 Å². The van der Waals surface area contributed by atoms with Gasteiger partial charge in [0, 0.05) is 12.8 Å². The van der Waals surface area contributed by atoms with E-state index in [1.807, 2.05) is 79.0 Å². The average Bonchev–Trinajstić information content (AvgIpc) is 3.36. The molecule has 0 aliphatic rings. The van der Waals surface area contributed by atoms with Crippen LogP contribution in [0.5, 0.6) is 0 Å². The van der Waals surface area contributed by atoms with E-state index in [1.54, 1.807) is 0 Å². The van der Waals surface area contributed by atoms with Crippen molar-refractivity contribution in [3.63, 3.8) is 0 Å². The monoisotopic (exact) mass is 1050 g/mol. The van der Waals surface area contributed by atoms with E-state index in [0.717, 1.165) is 70.6 Å². The number of unbranched alkanes of at least 4 members (excludes halogenated alkanes) is 14. The van der Waals surface area contributed by atoms with Gasteiger partial charge in [-0.2, -0.15) is 0 Å². The van der Waals surface area contributed by atoms with Crippen molar-refractivity contribution >= 4 is 27.6 Å². The fourth-order valence-electron chi connectivity index (χ4n) is 6.08. The standard InChI is InChI=1S/C55H90O15P2/c1-3-5-7-9-11-13-15-17-19-21-23-24-26-28-30-32-34-36-38-40-42-44-55(60)66-46-52(57)48-68-72(63,64)70-50-53(58)49-69-71(61,62)67-47-51(56)45-65-54(59)43-41-39-37-35-33-31-29-27-25-22-20-18-16-14-12-10-8-6-4-2/h6,8,10-14,16-20,22-25,27,29,31,33,51-53,56-58H,3-5,7,9,15,21,26,28,30,32,34-50H2,1-2H3,(H,61,62)(H,63,64)/b8-6+,12-10+,13-11-,16-14-,19-17-,20-18+,24-23-,25-22+,29-27+,33-31+. The summed E-state index contributed by atoms with van der Waals surface area (Å²) >= 11 is 0. The van der Waals surface area contributed by atoms with Crippen LogP contribution in [0.25, 0.3) is 0 Å². The Kier molecular flexibility index (Phi) is 47.2. The quantitative estimate of drug-likeness (QED) is 0.0126. The number of phosphoric acid groups is 2. The molecule has 0 bridgehead atoms. The number of rotatable bonds is 48. The summed E-state index contributed by atoms with van der Waals surface area (Å²) < 4.78 is 53.1. The SMILES string of the molecule is CC/C=C/C=C/C=C\C=C\C=C\C=C\C=C\CCCCCC(=O)OCC(O)COP(=O)(O)OCC(O)COP(=O)(O)OCC(O)COC(=O)CCCCCCCCCC/C=C\C/C=C\C/C=C\CCCCC. The summed E-state index contributed by atoms with van der Waals surface area (Å²) in [5.41, 5.74) is 0. The topological polar surface area (TPSA) is 225 Å². The zero-order chi connectivity index (χ0) is 53.1. The Morgan fingerprint density at radius 3 is 1.10 bits per heavy atom. The Hall–Kier alpha value is -3.56. The van der Waals surface area contributed by atoms with Crippen LogP contribution in [0.15, 0.2) is 122 Å². The highest BCUT2D eigenvalue weighted by Gasteiger charge is 2.28. The van der Waals surface area contributed by atoms with Crippen molar-refractivity contribution in [2.24, 2.45) is 0 Å². The van der Waals surface area contributed by atoms with Crippen LogP contribution in [0.4, 0.5) is 0 Å². The second kappa shape index (κ2) is 49.6. The van der Waals surface area contributed by atoms with Gasteiger partial charge in [0.05, 0.1) is 26.4 Å². The number of aliphatic hydroxyl groups is 3. The molecular formula is C55H90O15P2. The van der Waals surface area contributed by atoms with Crippen LogP contribution in [-0.2, 0) is 46.3 Å². The highest BCUT2D eigenvalue weighted by Crippen LogP contribution is 2.45. The Balaban J connectivity index is 3.94. The predicted molar refractivity (Wildman–Crippen MR) is 288 cm³/mol. The van der Waals surface area contributed by atoms with Gasteiger partial charge in [-0.25, -0.2) is 9.13 Å². The molecule has 15 nitrogen and oxygen atoms in total. The molecule has 5 unspecified atom stereocenters. The first kappa shape index (κ1) is 68.4. The van der Waals surface area contributed by atoms with Crippen LogP contribution in [0.3, 0.4) is 0 Å². The van der Waals surface area contributed by atoms with Crippen LogP contribution in [0, 0.1) is 0 Å². The number of phosphoric ester groups is 2. The number of carbonyl (C=O) groups excluding carboxylic acids is 2. The summed E-state index contributed by atoms with van der Waals surface area (Å²) in [6, 6.07) is 0. The number of aliphatic hydroxyl groups excluding tert-OH is 3. The van der Waals surface area contributed by atoms with E-state index in [1.165, 1.54) is 44.9 Å². The van der Waals surface area contributed by atoms with Gasteiger partial charge in [0.1, 0.15) is 31.5 Å². The molecule has 0 heterocycles. The Bertz CT molecular complexity index is 1750. The predicted octanol–water partition coefficient (Wildman–Crippen LogP) is 12.6. The first-order valence-corrected chi connectivity index (χ1v) is 29.0. The third-order valence-corrected chi connectivity index (χ3v) is 12.0. The molecule has 0 fully saturated rings. The number of carbonyl (C=O) groups is 2. The normalized spacial score (nSPS) is 15.8. The van der Waals surface area contributed by atoms with E-state index < -0.39 is 85.5 Å². The lowest BCUT2D eigenvalue weighted by Crippen LogP contribution is -2.25. The van der Waals surface area contributed by atoms with Crippen molar-refractivity contribution in [1.29, 1.82) is 0 Å². The number of allylic oxidation sites excluding steroid dienone is 20. The van der Waals surface area contributed by atoms with Crippen LogP contribution in [0.2, 0.25) is 0 Å². The second-order valence-corrected chi connectivity index (χ2v) is 19.9. The average molecular weight is 1050 g/mol. The van der Waals surface area contributed by atoms with Gasteiger partial charge in [0.2, 0.25) is 0 Å². The number of ether oxygens (including phenoxy) is 2. The van der Waals surface area contributed by atoms with Gasteiger partial charge in [-0.05, 0) is 70.6 Å². The summed E-state index contributed by atoms with van der Waals surface area (Å²) in [5.74, 6) is -1.05. The molecule has 0 saturated carbocycles. The third-order valence-electron chi connectivity index (χ3n) is 10.1. The number of hydrogen-bond acceptors (Lipinski definition) is 13. The lowest BCUT2D eigenvalue weighted by molar-refractivity contribution is -0.148. The van der Waals surface area contributed by atoms with E-state index in [4.69, 9.17) is 14.0 Å². The molecule has 0 aromatic carbocycles. The molecule has 5 N–H and O–H groups in total. The van der Waals surface area contributed by atoms with Crippen molar-refractivity contribution in [2.45, 2.75) is 173 Å². The minimum Gasteiger partial charge on any atom is -0.463 e. The number of hydrogen-bond donors (Lipinski definition) is 5. The van der Waals surface area contributed by atoms with Crippen LogP contribution >= 0.6 is 15.6 Å². The highest BCUT2D eigenvalue weighted by atomic mass is 31.2. The van der Waals surface area contributed by atoms with Crippen molar-refractivity contribution in [3.05, 3.63) is 122 Å². The first-order chi connectivity index (χ1) is 34.8. The molecule has 72 heavy (non-hydrogen) atoms. The van der Waals surface area contributed by atoms with E-state index in [0.29, 0.717) is 12.8 Å². The molecule has 0 aromatic rings. The molecule has 0 aromatic heterocycles. The lowest BCUT2D eigenvalue weighted by atomic mass is 10.1. The fourth-order valence-corrected chi connectivity index (χ4v) is 7.67. The Morgan fingerprint density at radius 1 is 0.389 bits per heavy atom. The van der Waals surface area contributed by atoms with Crippen LogP contribution < -0.4 is 0 Å². The lowest BCUT2D eigenvalue weighted by Gasteiger charge is -2.19. The molecular weight excluding hydrogens is 963 g/mol. The van der Waals surface area contributed by atoms with E-state index in [9.17, 15) is 43.8 Å².